The van der Waals surface area contributed by atoms with Crippen LogP contribution >= 0.6 is 0 Å². The minimum absolute atomic E-state index is 0.180. The molecule has 0 saturated heterocycles. The lowest BCUT2D eigenvalue weighted by Crippen LogP contribution is -2.45. The van der Waals surface area contributed by atoms with Crippen LogP contribution in [-0.4, -0.2) is 32.8 Å². The van der Waals surface area contributed by atoms with E-state index in [1.165, 1.54) is 13.8 Å². The molecule has 0 saturated carbocycles. The van der Waals surface area contributed by atoms with Gasteiger partial charge in [0.1, 0.15) is 6.04 Å². The van der Waals surface area contributed by atoms with Gasteiger partial charge in [0.25, 0.3) is 0 Å². The van der Waals surface area contributed by atoms with E-state index in [4.69, 9.17) is 5.11 Å². The van der Waals surface area contributed by atoms with Crippen molar-refractivity contribution in [3.63, 3.8) is 0 Å². The third kappa shape index (κ3) is 3.99. The lowest BCUT2D eigenvalue weighted by molar-refractivity contribution is -0.143. The maximum Gasteiger partial charge on any atom is 0.333 e. The van der Waals surface area contributed by atoms with Gasteiger partial charge >= 0.3 is 12.5 Å². The van der Waals surface area contributed by atoms with Crippen LogP contribution in [0, 0.1) is 19.8 Å². The molecule has 1 heterocycles. The Morgan fingerprint density at radius 2 is 1.90 bits per heavy atom. The number of nitrogens with one attached hydrogen (secondary N) is 1. The molecule has 1 atom stereocenters. The molecular formula is C13H19F2N3O3. The number of alkyl halides is 2. The topological polar surface area (TPSA) is 84.2 Å². The molecule has 21 heavy (non-hydrogen) atoms. The van der Waals surface area contributed by atoms with E-state index in [2.05, 4.69) is 10.4 Å². The Morgan fingerprint density at radius 3 is 2.29 bits per heavy atom. The number of aryl methyl sites for hydroxylation is 1. The number of nitrogens with zero attached hydrogens (tertiary/aromatic N) is 2. The number of aromatic nitrogens is 2. The van der Waals surface area contributed by atoms with Crippen LogP contribution in [-0.2, 0) is 16.0 Å². The highest BCUT2D eigenvalue weighted by molar-refractivity contribution is 5.85. The molecule has 0 aliphatic heterocycles. The zero-order valence-corrected chi connectivity index (χ0v) is 12.4. The second kappa shape index (κ2) is 6.64. The SMILES string of the molecule is Cc1nn(C(F)F)c(C)c1CC(=O)N[C@H](C(=O)O)C(C)C. The Hall–Kier alpha value is -1.99. The van der Waals surface area contributed by atoms with Crippen molar-refractivity contribution in [2.45, 2.75) is 46.7 Å². The molecule has 1 amide bonds. The average molecular weight is 303 g/mol. The summed E-state index contributed by atoms with van der Waals surface area (Å²) in [4.78, 5) is 22.9. The Kier molecular flexibility index (Phi) is 5.40. The Morgan fingerprint density at radius 1 is 1.33 bits per heavy atom. The van der Waals surface area contributed by atoms with Gasteiger partial charge in [0.15, 0.2) is 0 Å². The normalized spacial score (nSPS) is 12.8. The third-order valence-electron chi connectivity index (χ3n) is 3.25. The molecule has 0 bridgehead atoms. The fraction of sp³-hybridized carbons (Fsp3) is 0.615. The van der Waals surface area contributed by atoms with E-state index in [-0.39, 0.29) is 18.0 Å². The highest BCUT2D eigenvalue weighted by atomic mass is 19.3. The standard InChI is InChI=1S/C13H19F2N3O3/c1-6(2)11(12(20)21)16-10(19)5-9-7(3)17-18(8(9)4)13(14)15/h6,11,13H,5H2,1-4H3,(H,16,19)(H,20,21)/t11-/m0/s1. The van der Waals surface area contributed by atoms with E-state index in [0.29, 0.717) is 15.9 Å². The summed E-state index contributed by atoms with van der Waals surface area (Å²) < 4.78 is 26.0. The molecule has 0 aliphatic rings. The Bertz CT molecular complexity index is 541. The van der Waals surface area contributed by atoms with Gasteiger partial charge in [0.2, 0.25) is 5.91 Å². The molecule has 0 unspecified atom stereocenters. The molecule has 0 aromatic carbocycles. The zero-order chi connectivity index (χ0) is 16.3. The smallest absolute Gasteiger partial charge is 0.333 e. The number of rotatable bonds is 6. The van der Waals surface area contributed by atoms with Crippen LogP contribution in [0.25, 0.3) is 0 Å². The average Bonchev–Trinajstić information content (AvgIpc) is 2.63. The molecule has 6 nitrogen and oxygen atoms in total. The third-order valence-corrected chi connectivity index (χ3v) is 3.25. The van der Waals surface area contributed by atoms with Crippen LogP contribution in [0.15, 0.2) is 0 Å². The van der Waals surface area contributed by atoms with E-state index in [1.807, 2.05) is 0 Å². The van der Waals surface area contributed by atoms with Gasteiger partial charge in [-0.3, -0.25) is 4.79 Å². The number of hydrogen-bond donors (Lipinski definition) is 2. The fourth-order valence-corrected chi connectivity index (χ4v) is 2.04. The van der Waals surface area contributed by atoms with Crippen molar-refractivity contribution >= 4 is 11.9 Å². The predicted octanol–water partition coefficient (Wildman–Crippen LogP) is 1.66. The summed E-state index contributed by atoms with van der Waals surface area (Å²) in [5.41, 5.74) is 0.925. The lowest BCUT2D eigenvalue weighted by Gasteiger charge is -2.17. The Balaban J connectivity index is 2.87. The van der Waals surface area contributed by atoms with Crippen LogP contribution in [0.3, 0.4) is 0 Å². The maximum atomic E-state index is 12.7. The van der Waals surface area contributed by atoms with Crippen molar-refractivity contribution in [2.75, 3.05) is 0 Å². The molecule has 1 rings (SSSR count). The van der Waals surface area contributed by atoms with Crippen LogP contribution in [0.4, 0.5) is 8.78 Å². The minimum atomic E-state index is -2.78. The molecule has 0 aliphatic carbocycles. The van der Waals surface area contributed by atoms with Gasteiger partial charge < -0.3 is 10.4 Å². The van der Waals surface area contributed by atoms with Crippen LogP contribution in [0.2, 0.25) is 0 Å². The molecular weight excluding hydrogens is 284 g/mol. The molecule has 118 valence electrons. The zero-order valence-electron chi connectivity index (χ0n) is 12.4. The van der Waals surface area contributed by atoms with E-state index >= 15 is 0 Å². The number of carbonyl (C=O) groups is 2. The summed E-state index contributed by atoms with van der Waals surface area (Å²) >= 11 is 0. The molecule has 8 heteroatoms. The fourth-order valence-electron chi connectivity index (χ4n) is 2.04. The number of aliphatic carboxylic acids is 1. The monoisotopic (exact) mass is 303 g/mol. The van der Waals surface area contributed by atoms with Crippen molar-refractivity contribution in [1.82, 2.24) is 15.1 Å². The second-order valence-electron chi connectivity index (χ2n) is 5.18. The van der Waals surface area contributed by atoms with Crippen molar-refractivity contribution < 1.29 is 23.5 Å². The number of halogens is 2. The van der Waals surface area contributed by atoms with Crippen LogP contribution in [0.5, 0.6) is 0 Å². The first kappa shape index (κ1) is 17.1. The summed E-state index contributed by atoms with van der Waals surface area (Å²) in [7, 11) is 0. The summed E-state index contributed by atoms with van der Waals surface area (Å²) in [6.07, 6.45) is -0.180. The van der Waals surface area contributed by atoms with Crippen molar-refractivity contribution in [1.29, 1.82) is 0 Å². The Labute approximate surface area is 121 Å². The summed E-state index contributed by atoms with van der Waals surface area (Å²) in [5, 5.41) is 15.1. The number of amides is 1. The number of carboxylic acids is 1. The van der Waals surface area contributed by atoms with Crippen molar-refractivity contribution in [2.24, 2.45) is 5.92 Å². The van der Waals surface area contributed by atoms with Gasteiger partial charge in [-0.15, -0.1) is 0 Å². The predicted molar refractivity (Wildman–Crippen MR) is 71.1 cm³/mol. The molecule has 0 spiro atoms. The first-order valence-corrected chi connectivity index (χ1v) is 6.50. The summed E-state index contributed by atoms with van der Waals surface area (Å²) in [5.74, 6) is -1.94. The maximum absolute atomic E-state index is 12.7. The minimum Gasteiger partial charge on any atom is -0.480 e. The number of carboxylic acid groups (broad SMARTS) is 1. The van der Waals surface area contributed by atoms with Gasteiger partial charge in [0, 0.05) is 11.3 Å². The lowest BCUT2D eigenvalue weighted by atomic mass is 10.0. The van der Waals surface area contributed by atoms with Gasteiger partial charge in [-0.05, 0) is 19.8 Å². The largest absolute Gasteiger partial charge is 0.480 e. The summed E-state index contributed by atoms with van der Waals surface area (Å²) in [6.45, 7) is 3.55. The molecule has 0 fully saturated rings. The van der Waals surface area contributed by atoms with Crippen LogP contribution < -0.4 is 5.32 Å². The van der Waals surface area contributed by atoms with E-state index in [1.54, 1.807) is 13.8 Å². The first-order valence-electron chi connectivity index (χ1n) is 6.50. The molecule has 1 aromatic rings. The van der Waals surface area contributed by atoms with E-state index < -0.39 is 24.5 Å². The van der Waals surface area contributed by atoms with Crippen molar-refractivity contribution in [3.05, 3.63) is 17.0 Å². The van der Waals surface area contributed by atoms with Gasteiger partial charge in [-0.25, -0.2) is 9.48 Å². The number of hydrogen-bond acceptors (Lipinski definition) is 3. The van der Waals surface area contributed by atoms with Gasteiger partial charge in [-0.1, -0.05) is 13.8 Å². The first-order chi connectivity index (χ1) is 9.65. The highest BCUT2D eigenvalue weighted by Crippen LogP contribution is 2.19. The molecule has 0 radical (unpaired) electrons. The van der Waals surface area contributed by atoms with E-state index in [0.717, 1.165) is 0 Å². The quantitative estimate of drug-likeness (QED) is 0.837. The summed E-state index contributed by atoms with van der Waals surface area (Å²) in [6, 6.07) is -1.01. The van der Waals surface area contributed by atoms with E-state index in [9.17, 15) is 18.4 Å². The molecule has 1 aromatic heterocycles. The van der Waals surface area contributed by atoms with Crippen LogP contribution in [0.1, 0.15) is 37.3 Å². The van der Waals surface area contributed by atoms with Gasteiger partial charge in [0.05, 0.1) is 12.1 Å². The molecule has 2 N–H and O–H groups in total. The number of carbonyl (C=O) groups excluding carboxylic acids is 1. The highest BCUT2D eigenvalue weighted by Gasteiger charge is 2.25. The van der Waals surface area contributed by atoms with Crippen molar-refractivity contribution in [3.8, 4) is 0 Å². The second-order valence-corrected chi connectivity index (χ2v) is 5.18. The van der Waals surface area contributed by atoms with Gasteiger partial charge in [-0.2, -0.15) is 13.9 Å².